The lowest BCUT2D eigenvalue weighted by Gasteiger charge is -2.07. The zero-order valence-electron chi connectivity index (χ0n) is 9.95. The maximum atomic E-state index is 10.9. The largest absolute Gasteiger partial charge is 0.387 e. The van der Waals surface area contributed by atoms with Gasteiger partial charge in [0.25, 0.3) is 5.91 Å². The van der Waals surface area contributed by atoms with Gasteiger partial charge in [-0.3, -0.25) is 9.78 Å². The molecule has 1 amide bonds. The number of hydrogen-bond acceptors (Lipinski definition) is 4. The zero-order valence-corrected chi connectivity index (χ0v) is 9.95. The average Bonchev–Trinajstić information content (AvgIpc) is 2.88. The van der Waals surface area contributed by atoms with Crippen LogP contribution < -0.4 is 5.73 Å². The molecule has 0 saturated heterocycles. The summed E-state index contributed by atoms with van der Waals surface area (Å²) in [5.41, 5.74) is 6.80. The molecule has 0 fully saturated rings. The molecule has 0 aliphatic heterocycles. The van der Waals surface area contributed by atoms with Gasteiger partial charge in [-0.2, -0.15) is 5.10 Å². The fourth-order valence-corrected chi connectivity index (χ4v) is 1.53. The molecule has 0 aliphatic rings. The van der Waals surface area contributed by atoms with E-state index in [1.54, 1.807) is 18.3 Å². The maximum Gasteiger partial charge on any atom is 0.251 e. The second kappa shape index (κ2) is 4.97. The minimum Gasteiger partial charge on any atom is -0.387 e. The number of carbonyl (C=O) groups excluding carboxylic acids is 1. The third-order valence-corrected chi connectivity index (χ3v) is 2.63. The van der Waals surface area contributed by atoms with Gasteiger partial charge in [-0.15, -0.1) is 0 Å². The van der Waals surface area contributed by atoms with E-state index in [9.17, 15) is 9.90 Å². The maximum absolute atomic E-state index is 10.9. The molecule has 2 heterocycles. The van der Waals surface area contributed by atoms with E-state index in [2.05, 4.69) is 10.1 Å². The van der Waals surface area contributed by atoms with Crippen LogP contribution in [-0.4, -0.2) is 25.8 Å². The summed E-state index contributed by atoms with van der Waals surface area (Å²) >= 11 is 0. The molecule has 6 heteroatoms. The van der Waals surface area contributed by atoms with Gasteiger partial charge in [0.1, 0.15) is 0 Å². The molecule has 1 atom stereocenters. The first-order chi connectivity index (χ1) is 8.61. The highest BCUT2D eigenvalue weighted by Crippen LogP contribution is 2.15. The minimum atomic E-state index is -0.558. The van der Waals surface area contributed by atoms with Crippen molar-refractivity contribution in [2.45, 2.75) is 19.4 Å². The fourth-order valence-electron chi connectivity index (χ4n) is 1.53. The molecule has 1 unspecified atom stereocenters. The highest BCUT2D eigenvalue weighted by atomic mass is 16.3. The first-order valence-corrected chi connectivity index (χ1v) is 5.60. The number of pyridine rings is 1. The highest BCUT2D eigenvalue weighted by Gasteiger charge is 2.08. The van der Waals surface area contributed by atoms with Gasteiger partial charge in [0.2, 0.25) is 0 Å². The summed E-state index contributed by atoms with van der Waals surface area (Å²) < 4.78 is 1.51. The number of hydrogen-bond donors (Lipinski definition) is 2. The van der Waals surface area contributed by atoms with Crippen LogP contribution in [0.4, 0.5) is 0 Å². The van der Waals surface area contributed by atoms with Crippen molar-refractivity contribution in [1.29, 1.82) is 0 Å². The zero-order chi connectivity index (χ0) is 13.1. The number of rotatable bonds is 4. The molecule has 0 bridgehead atoms. The van der Waals surface area contributed by atoms with Crippen LogP contribution in [-0.2, 0) is 0 Å². The van der Waals surface area contributed by atoms with Crippen molar-refractivity contribution in [3.05, 3.63) is 42.0 Å². The number of aliphatic hydroxyl groups excluding tert-OH is 1. The molecule has 2 rings (SSSR count). The Morgan fingerprint density at radius 2 is 2.28 bits per heavy atom. The Morgan fingerprint density at radius 3 is 2.78 bits per heavy atom. The Kier molecular flexibility index (Phi) is 3.38. The Balaban J connectivity index is 2.25. The SMILES string of the molecule is CCC(O)c1ccc(-n2cc(C(N)=O)cn2)cn1. The van der Waals surface area contributed by atoms with Crippen LogP contribution >= 0.6 is 0 Å². The normalized spacial score (nSPS) is 12.3. The average molecular weight is 246 g/mol. The second-order valence-corrected chi connectivity index (χ2v) is 3.90. The van der Waals surface area contributed by atoms with Crippen molar-refractivity contribution in [2.24, 2.45) is 5.73 Å². The van der Waals surface area contributed by atoms with E-state index in [1.165, 1.54) is 17.1 Å². The van der Waals surface area contributed by atoms with Crippen LogP contribution in [0.1, 0.15) is 35.5 Å². The summed E-state index contributed by atoms with van der Waals surface area (Å²) in [6, 6.07) is 3.51. The number of aromatic nitrogens is 3. The van der Waals surface area contributed by atoms with Gasteiger partial charge in [0, 0.05) is 6.20 Å². The molecule has 2 aromatic rings. The van der Waals surface area contributed by atoms with Crippen molar-refractivity contribution < 1.29 is 9.90 Å². The number of amides is 1. The van der Waals surface area contributed by atoms with Crippen molar-refractivity contribution >= 4 is 5.91 Å². The minimum absolute atomic E-state index is 0.340. The predicted molar refractivity (Wildman–Crippen MR) is 65.1 cm³/mol. The molecule has 0 radical (unpaired) electrons. The van der Waals surface area contributed by atoms with Gasteiger partial charge in [-0.25, -0.2) is 4.68 Å². The molecule has 0 aromatic carbocycles. The van der Waals surface area contributed by atoms with Crippen LogP contribution in [0.3, 0.4) is 0 Å². The van der Waals surface area contributed by atoms with Crippen LogP contribution in [0, 0.1) is 0 Å². The molecule has 3 N–H and O–H groups in total. The van der Waals surface area contributed by atoms with Crippen molar-refractivity contribution in [3.8, 4) is 5.69 Å². The lowest BCUT2D eigenvalue weighted by Crippen LogP contribution is -2.09. The monoisotopic (exact) mass is 246 g/mol. The number of nitrogens with zero attached hydrogens (tertiary/aromatic N) is 3. The topological polar surface area (TPSA) is 94.0 Å². The predicted octanol–water partition coefficient (Wildman–Crippen LogP) is 0.810. The molecular formula is C12H14N4O2. The molecule has 0 spiro atoms. The van der Waals surface area contributed by atoms with Gasteiger partial charge in [0.15, 0.2) is 0 Å². The van der Waals surface area contributed by atoms with E-state index in [1.807, 2.05) is 6.92 Å². The van der Waals surface area contributed by atoms with E-state index in [-0.39, 0.29) is 0 Å². The molecule has 0 saturated carbocycles. The van der Waals surface area contributed by atoms with Crippen LogP contribution in [0.2, 0.25) is 0 Å². The van der Waals surface area contributed by atoms with E-state index in [0.717, 1.165) is 0 Å². The van der Waals surface area contributed by atoms with Crippen LogP contribution in [0.5, 0.6) is 0 Å². The Bertz CT molecular complexity index is 547. The smallest absolute Gasteiger partial charge is 0.251 e. The number of nitrogens with two attached hydrogens (primary N) is 1. The van der Waals surface area contributed by atoms with Gasteiger partial charge < -0.3 is 10.8 Å². The number of carbonyl (C=O) groups is 1. The Labute approximate surface area is 104 Å². The molecule has 6 nitrogen and oxygen atoms in total. The summed E-state index contributed by atoms with van der Waals surface area (Å²) in [5.74, 6) is -0.521. The molecule has 0 aliphatic carbocycles. The Morgan fingerprint density at radius 1 is 1.50 bits per heavy atom. The molecular weight excluding hydrogens is 232 g/mol. The third-order valence-electron chi connectivity index (χ3n) is 2.63. The van der Waals surface area contributed by atoms with Gasteiger partial charge in [0.05, 0.1) is 35.4 Å². The third kappa shape index (κ3) is 2.38. The van der Waals surface area contributed by atoms with Crippen LogP contribution in [0.15, 0.2) is 30.7 Å². The van der Waals surface area contributed by atoms with Crippen LogP contribution in [0.25, 0.3) is 5.69 Å². The number of aliphatic hydroxyl groups is 1. The first-order valence-electron chi connectivity index (χ1n) is 5.60. The lowest BCUT2D eigenvalue weighted by molar-refractivity contribution is 0.100. The van der Waals surface area contributed by atoms with E-state index >= 15 is 0 Å². The lowest BCUT2D eigenvalue weighted by atomic mass is 10.2. The summed E-state index contributed by atoms with van der Waals surface area (Å²) in [6.45, 7) is 1.88. The number of primary amides is 1. The van der Waals surface area contributed by atoms with E-state index < -0.39 is 12.0 Å². The van der Waals surface area contributed by atoms with Gasteiger partial charge >= 0.3 is 0 Å². The first kappa shape index (κ1) is 12.3. The summed E-state index contributed by atoms with van der Waals surface area (Å²) in [7, 11) is 0. The molecule has 2 aromatic heterocycles. The molecule has 94 valence electrons. The van der Waals surface area contributed by atoms with Gasteiger partial charge in [-0.1, -0.05) is 6.92 Å². The molecule has 18 heavy (non-hydrogen) atoms. The Hall–Kier alpha value is -2.21. The van der Waals surface area contributed by atoms with Crippen molar-refractivity contribution in [2.75, 3.05) is 0 Å². The van der Waals surface area contributed by atoms with Gasteiger partial charge in [-0.05, 0) is 18.6 Å². The summed E-state index contributed by atoms with van der Waals surface area (Å²) in [4.78, 5) is 15.1. The second-order valence-electron chi connectivity index (χ2n) is 3.90. The summed E-state index contributed by atoms with van der Waals surface area (Å²) in [6.07, 6.45) is 4.58. The summed E-state index contributed by atoms with van der Waals surface area (Å²) in [5, 5.41) is 13.6. The quantitative estimate of drug-likeness (QED) is 0.834. The van der Waals surface area contributed by atoms with Crippen molar-refractivity contribution in [3.63, 3.8) is 0 Å². The van der Waals surface area contributed by atoms with E-state index in [0.29, 0.717) is 23.4 Å². The van der Waals surface area contributed by atoms with E-state index in [4.69, 9.17) is 5.73 Å². The highest BCUT2D eigenvalue weighted by molar-refractivity contribution is 5.92. The fraction of sp³-hybridized carbons (Fsp3) is 0.250. The van der Waals surface area contributed by atoms with Crippen molar-refractivity contribution in [1.82, 2.24) is 14.8 Å². The standard InChI is InChI=1S/C12H14N4O2/c1-2-11(17)10-4-3-9(6-14-10)16-7-8(5-15-16)12(13)18/h3-7,11,17H,2H2,1H3,(H2,13,18).